The van der Waals surface area contributed by atoms with Gasteiger partial charge in [-0.3, -0.25) is 4.79 Å². The molecule has 1 aliphatic carbocycles. The molecule has 3 heteroatoms. The summed E-state index contributed by atoms with van der Waals surface area (Å²) >= 11 is 0. The molecule has 3 rings (SSSR count). The second-order valence-electron chi connectivity index (χ2n) is 8.08. The molecule has 1 fully saturated rings. The van der Waals surface area contributed by atoms with Crippen LogP contribution in [0.3, 0.4) is 0 Å². The van der Waals surface area contributed by atoms with Crippen molar-refractivity contribution in [2.75, 3.05) is 0 Å². The number of benzene rings is 2. The van der Waals surface area contributed by atoms with Gasteiger partial charge in [0.25, 0.3) is 0 Å². The van der Waals surface area contributed by atoms with Crippen molar-refractivity contribution in [1.82, 2.24) is 4.90 Å². The number of carbonyl (C=O) groups excluding carboxylic acids is 1. The standard InChI is InChI=1S/C24H32NOP/c1-18(2)25(19(3)4)24(26)22-16-11-17-23(22)27(20-12-7-5-8-13-20)21-14-9-6-10-15-21/h5-10,12-15,18-19,22-23H,11,16-17H2,1-4H3. The van der Waals surface area contributed by atoms with Crippen molar-refractivity contribution in [3.63, 3.8) is 0 Å². The van der Waals surface area contributed by atoms with Crippen molar-refractivity contribution >= 4 is 24.4 Å². The second kappa shape index (κ2) is 9.02. The summed E-state index contributed by atoms with van der Waals surface area (Å²) in [6.45, 7) is 8.55. The molecule has 144 valence electrons. The Balaban J connectivity index is 1.98. The molecule has 2 unspecified atom stereocenters. The average Bonchev–Trinajstić information content (AvgIpc) is 3.12. The SMILES string of the molecule is CC(C)N(C(=O)C1CCCC1P(c1ccccc1)c1ccccc1)C(C)C. The van der Waals surface area contributed by atoms with Crippen LogP contribution in [0.2, 0.25) is 0 Å². The van der Waals surface area contributed by atoms with Crippen molar-refractivity contribution < 1.29 is 4.79 Å². The topological polar surface area (TPSA) is 20.3 Å². The lowest BCUT2D eigenvalue weighted by Gasteiger charge is -2.37. The number of amides is 1. The molecule has 27 heavy (non-hydrogen) atoms. The summed E-state index contributed by atoms with van der Waals surface area (Å²) in [6.07, 6.45) is 3.33. The number of hydrogen-bond acceptors (Lipinski definition) is 1. The van der Waals surface area contributed by atoms with Gasteiger partial charge in [-0.05, 0) is 64.7 Å². The van der Waals surface area contributed by atoms with Crippen LogP contribution in [0.5, 0.6) is 0 Å². The smallest absolute Gasteiger partial charge is 0.226 e. The zero-order chi connectivity index (χ0) is 19.4. The minimum absolute atomic E-state index is 0.140. The van der Waals surface area contributed by atoms with Crippen LogP contribution in [0.25, 0.3) is 0 Å². The third-order valence-corrected chi connectivity index (χ3v) is 8.55. The van der Waals surface area contributed by atoms with Gasteiger partial charge in [-0.15, -0.1) is 0 Å². The van der Waals surface area contributed by atoms with Gasteiger partial charge in [-0.2, -0.15) is 0 Å². The summed E-state index contributed by atoms with van der Waals surface area (Å²) in [5.41, 5.74) is 0.428. The van der Waals surface area contributed by atoms with Gasteiger partial charge in [0.2, 0.25) is 5.91 Å². The van der Waals surface area contributed by atoms with Crippen molar-refractivity contribution in [1.29, 1.82) is 0 Å². The van der Waals surface area contributed by atoms with Crippen LogP contribution in [0.1, 0.15) is 47.0 Å². The number of rotatable bonds is 6. The minimum Gasteiger partial charge on any atom is -0.338 e. The molecular formula is C24H32NOP. The monoisotopic (exact) mass is 381 g/mol. The van der Waals surface area contributed by atoms with Gasteiger partial charge >= 0.3 is 0 Å². The van der Waals surface area contributed by atoms with Crippen LogP contribution in [0, 0.1) is 5.92 Å². The van der Waals surface area contributed by atoms with Gasteiger partial charge in [0.05, 0.1) is 0 Å². The Morgan fingerprint density at radius 2 is 1.33 bits per heavy atom. The van der Waals surface area contributed by atoms with E-state index in [0.29, 0.717) is 11.6 Å². The van der Waals surface area contributed by atoms with Crippen molar-refractivity contribution in [3.8, 4) is 0 Å². The molecule has 0 aromatic heterocycles. The Bertz CT molecular complexity index is 681. The molecular weight excluding hydrogens is 349 g/mol. The summed E-state index contributed by atoms with van der Waals surface area (Å²) in [6, 6.07) is 22.2. The molecule has 0 saturated heterocycles. The normalized spacial score (nSPS) is 19.8. The largest absolute Gasteiger partial charge is 0.338 e. The van der Waals surface area contributed by atoms with Crippen molar-refractivity contribution in [2.24, 2.45) is 5.92 Å². The van der Waals surface area contributed by atoms with Gasteiger partial charge in [0.1, 0.15) is 0 Å². The number of nitrogens with zero attached hydrogens (tertiary/aromatic N) is 1. The molecule has 2 atom stereocenters. The van der Waals surface area contributed by atoms with E-state index in [4.69, 9.17) is 0 Å². The highest BCUT2D eigenvalue weighted by Crippen LogP contribution is 2.50. The van der Waals surface area contributed by atoms with E-state index < -0.39 is 7.92 Å². The highest BCUT2D eigenvalue weighted by molar-refractivity contribution is 7.73. The first kappa shape index (κ1) is 20.1. The van der Waals surface area contributed by atoms with E-state index >= 15 is 0 Å². The van der Waals surface area contributed by atoms with Gasteiger partial charge in [-0.25, -0.2) is 0 Å². The molecule has 0 heterocycles. The van der Waals surface area contributed by atoms with Gasteiger partial charge in [-0.1, -0.05) is 67.1 Å². The zero-order valence-corrected chi connectivity index (χ0v) is 17.9. The fraction of sp³-hybridized carbons (Fsp3) is 0.458. The maximum absolute atomic E-state index is 13.5. The molecule has 2 nitrogen and oxygen atoms in total. The van der Waals surface area contributed by atoms with E-state index in [9.17, 15) is 4.79 Å². The molecule has 0 aliphatic heterocycles. The molecule has 0 bridgehead atoms. The summed E-state index contributed by atoms with van der Waals surface area (Å²) in [7, 11) is -0.535. The first-order valence-corrected chi connectivity index (χ1v) is 11.6. The van der Waals surface area contributed by atoms with E-state index in [-0.39, 0.29) is 18.0 Å². The first-order valence-electron chi connectivity index (χ1n) is 10.2. The number of hydrogen-bond donors (Lipinski definition) is 0. The zero-order valence-electron chi connectivity index (χ0n) is 17.0. The molecule has 0 N–H and O–H groups in total. The van der Waals surface area contributed by atoms with E-state index in [0.717, 1.165) is 19.3 Å². The van der Waals surface area contributed by atoms with Crippen molar-refractivity contribution in [2.45, 2.75) is 64.7 Å². The summed E-state index contributed by atoms with van der Waals surface area (Å²) in [5.74, 6) is 0.503. The van der Waals surface area contributed by atoms with E-state index in [1.807, 2.05) is 0 Å². The van der Waals surface area contributed by atoms with E-state index in [1.54, 1.807) is 0 Å². The van der Waals surface area contributed by atoms with E-state index in [1.165, 1.54) is 10.6 Å². The van der Waals surface area contributed by atoms with Crippen LogP contribution >= 0.6 is 7.92 Å². The lowest BCUT2D eigenvalue weighted by molar-refractivity contribution is -0.138. The van der Waals surface area contributed by atoms with Crippen LogP contribution < -0.4 is 10.6 Å². The Kier molecular flexibility index (Phi) is 6.71. The molecule has 2 aromatic rings. The van der Waals surface area contributed by atoms with Crippen LogP contribution in [-0.4, -0.2) is 28.5 Å². The van der Waals surface area contributed by atoms with Gasteiger partial charge in [0.15, 0.2) is 0 Å². The molecule has 2 aromatic carbocycles. The lowest BCUT2D eigenvalue weighted by Crippen LogP contribution is -2.47. The molecule has 0 radical (unpaired) electrons. The predicted octanol–water partition coefficient (Wildman–Crippen LogP) is 4.93. The molecule has 1 aliphatic rings. The third kappa shape index (κ3) is 4.43. The predicted molar refractivity (Wildman–Crippen MR) is 117 cm³/mol. The molecule has 1 amide bonds. The maximum atomic E-state index is 13.5. The third-order valence-electron chi connectivity index (χ3n) is 5.56. The number of carbonyl (C=O) groups is 1. The van der Waals surface area contributed by atoms with Gasteiger partial charge in [0, 0.05) is 18.0 Å². The highest BCUT2D eigenvalue weighted by atomic mass is 31.1. The quantitative estimate of drug-likeness (QED) is 0.650. The van der Waals surface area contributed by atoms with Crippen LogP contribution in [0.4, 0.5) is 0 Å². The highest BCUT2D eigenvalue weighted by Gasteiger charge is 2.41. The van der Waals surface area contributed by atoms with Crippen LogP contribution in [0.15, 0.2) is 60.7 Å². The Hall–Kier alpha value is -1.66. The van der Waals surface area contributed by atoms with Crippen molar-refractivity contribution in [3.05, 3.63) is 60.7 Å². The fourth-order valence-electron chi connectivity index (χ4n) is 4.54. The average molecular weight is 382 g/mol. The fourth-order valence-corrected chi connectivity index (χ4v) is 7.67. The Labute approximate surface area is 165 Å². The molecule has 1 saturated carbocycles. The lowest BCUT2D eigenvalue weighted by atomic mass is 10.0. The molecule has 0 spiro atoms. The summed E-state index contributed by atoms with van der Waals surface area (Å²) < 4.78 is 0. The Morgan fingerprint density at radius 3 is 1.78 bits per heavy atom. The maximum Gasteiger partial charge on any atom is 0.226 e. The second-order valence-corrected chi connectivity index (χ2v) is 10.5. The Morgan fingerprint density at radius 1 is 0.852 bits per heavy atom. The summed E-state index contributed by atoms with van der Waals surface area (Å²) in [4.78, 5) is 15.6. The van der Waals surface area contributed by atoms with E-state index in [2.05, 4.69) is 93.3 Å². The summed E-state index contributed by atoms with van der Waals surface area (Å²) in [5, 5.41) is 2.79. The first-order chi connectivity index (χ1) is 13.0. The van der Waals surface area contributed by atoms with Gasteiger partial charge < -0.3 is 4.90 Å². The minimum atomic E-state index is -0.535. The van der Waals surface area contributed by atoms with Crippen LogP contribution in [-0.2, 0) is 4.79 Å².